The second-order valence-electron chi connectivity index (χ2n) is 8.81. The van der Waals surface area contributed by atoms with Gasteiger partial charge in [0.1, 0.15) is 0 Å². The van der Waals surface area contributed by atoms with Crippen LogP contribution in [0.15, 0.2) is 65.6 Å². The fourth-order valence-electron chi connectivity index (χ4n) is 4.67. The van der Waals surface area contributed by atoms with E-state index in [-0.39, 0.29) is 29.1 Å². The van der Waals surface area contributed by atoms with Crippen molar-refractivity contribution in [3.05, 3.63) is 82.3 Å². The average molecular weight is 466 g/mol. The molecule has 0 atom stereocenters. The fourth-order valence-corrected chi connectivity index (χ4v) is 4.67. The number of pyridine rings is 1. The van der Waals surface area contributed by atoms with Crippen LogP contribution in [-0.4, -0.2) is 32.4 Å². The van der Waals surface area contributed by atoms with Crippen LogP contribution in [-0.2, 0) is 4.79 Å². The van der Waals surface area contributed by atoms with Crippen molar-refractivity contribution in [2.45, 2.75) is 31.7 Å². The van der Waals surface area contributed by atoms with Gasteiger partial charge in [-0.25, -0.2) is 4.98 Å². The molecule has 2 heterocycles. The third-order valence-electron chi connectivity index (χ3n) is 6.64. The number of rotatable bonds is 4. The van der Waals surface area contributed by atoms with E-state index < -0.39 is 5.97 Å². The van der Waals surface area contributed by atoms with Gasteiger partial charge in [0.15, 0.2) is 5.65 Å². The third-order valence-corrected chi connectivity index (χ3v) is 6.64. The molecular weight excluding hydrogens is 444 g/mol. The molecule has 8 nitrogen and oxygen atoms in total. The van der Waals surface area contributed by atoms with Crippen LogP contribution < -0.4 is 10.9 Å². The number of hydrogen-bond acceptors (Lipinski definition) is 5. The number of nitrogens with one attached hydrogen (secondary N) is 1. The van der Waals surface area contributed by atoms with Crippen LogP contribution in [0.25, 0.3) is 27.7 Å². The van der Waals surface area contributed by atoms with E-state index in [9.17, 15) is 19.5 Å². The van der Waals surface area contributed by atoms with Crippen LogP contribution in [0.4, 0.5) is 0 Å². The van der Waals surface area contributed by atoms with Crippen LogP contribution in [0.5, 0.6) is 0 Å². The minimum absolute atomic E-state index is 0.111. The highest BCUT2D eigenvalue weighted by Crippen LogP contribution is 2.26. The van der Waals surface area contributed by atoms with Crippen molar-refractivity contribution < 1.29 is 14.7 Å². The van der Waals surface area contributed by atoms with Crippen LogP contribution in [0.3, 0.4) is 0 Å². The number of carboxylic acid groups (broad SMARTS) is 1. The Kier molecular flexibility index (Phi) is 5.75. The van der Waals surface area contributed by atoms with E-state index in [1.54, 1.807) is 42.6 Å². The molecule has 0 bridgehead atoms. The number of carboxylic acids is 1. The summed E-state index contributed by atoms with van der Waals surface area (Å²) in [4.78, 5) is 42.2. The van der Waals surface area contributed by atoms with E-state index in [2.05, 4.69) is 16.4 Å². The number of amides is 1. The average Bonchev–Trinajstić information content (AvgIpc) is 2.89. The summed E-state index contributed by atoms with van der Waals surface area (Å²) in [6.07, 6.45) is 3.84. The van der Waals surface area contributed by atoms with Crippen LogP contribution in [0, 0.1) is 17.2 Å². The summed E-state index contributed by atoms with van der Waals surface area (Å²) < 4.78 is 1.38. The Morgan fingerprint density at radius 1 is 1.03 bits per heavy atom. The summed E-state index contributed by atoms with van der Waals surface area (Å²) in [6, 6.07) is 17.8. The lowest BCUT2D eigenvalue weighted by Crippen LogP contribution is -2.39. The van der Waals surface area contributed by atoms with Gasteiger partial charge in [0.05, 0.1) is 34.0 Å². The molecule has 1 aliphatic rings. The zero-order chi connectivity index (χ0) is 24.5. The highest BCUT2D eigenvalue weighted by Gasteiger charge is 2.27. The van der Waals surface area contributed by atoms with Crippen molar-refractivity contribution in [1.82, 2.24) is 14.7 Å². The van der Waals surface area contributed by atoms with Crippen molar-refractivity contribution >= 4 is 28.4 Å². The van der Waals surface area contributed by atoms with Crippen molar-refractivity contribution in [2.75, 3.05) is 0 Å². The van der Waals surface area contributed by atoms with Gasteiger partial charge in [-0.15, -0.1) is 0 Å². The molecule has 2 aromatic heterocycles. The zero-order valence-electron chi connectivity index (χ0n) is 18.8. The fraction of sp³-hybridized carbons (Fsp3) is 0.222. The Morgan fingerprint density at radius 2 is 1.74 bits per heavy atom. The van der Waals surface area contributed by atoms with Gasteiger partial charge in [-0.3, -0.25) is 18.8 Å². The Hall–Kier alpha value is -4.51. The number of nitrogens with zero attached hydrogens (tertiary/aromatic N) is 3. The molecule has 1 amide bonds. The van der Waals surface area contributed by atoms with E-state index in [1.807, 2.05) is 18.2 Å². The lowest BCUT2D eigenvalue weighted by molar-refractivity contribution is -0.142. The topological polar surface area (TPSA) is 125 Å². The van der Waals surface area contributed by atoms with Gasteiger partial charge in [-0.05, 0) is 73.2 Å². The first-order chi connectivity index (χ1) is 16.9. The monoisotopic (exact) mass is 466 g/mol. The number of aromatic nitrogens is 2. The summed E-state index contributed by atoms with van der Waals surface area (Å²) in [7, 11) is 0. The minimum atomic E-state index is -0.790. The molecule has 0 saturated heterocycles. The lowest BCUT2D eigenvalue weighted by atomic mass is 9.86. The molecule has 0 radical (unpaired) electrons. The largest absolute Gasteiger partial charge is 0.481 e. The van der Waals surface area contributed by atoms with E-state index in [0.717, 1.165) is 11.1 Å². The molecule has 35 heavy (non-hydrogen) atoms. The predicted molar refractivity (Wildman–Crippen MR) is 130 cm³/mol. The first-order valence-electron chi connectivity index (χ1n) is 11.4. The first kappa shape index (κ1) is 22.3. The molecule has 1 fully saturated rings. The van der Waals surface area contributed by atoms with Crippen molar-refractivity contribution in [3.63, 3.8) is 0 Å². The highest BCUT2D eigenvalue weighted by molar-refractivity contribution is 6.01. The number of benzene rings is 2. The Labute approximate surface area is 200 Å². The molecule has 1 aliphatic carbocycles. The maximum atomic E-state index is 13.3. The van der Waals surface area contributed by atoms with Crippen LogP contribution in [0.2, 0.25) is 0 Å². The maximum Gasteiger partial charge on any atom is 0.306 e. The SMILES string of the molecule is N#Cc1ccc(-c2ccc3nc4c(C(=O)NC5CCC(C(=O)O)CC5)cccn4c(=O)c3c2)cc1. The van der Waals surface area contributed by atoms with Gasteiger partial charge in [-0.1, -0.05) is 18.2 Å². The molecular formula is C27H22N4O4. The number of carbonyl (C=O) groups excluding carboxylic acids is 1. The molecule has 8 heteroatoms. The number of aliphatic carboxylic acids is 1. The second kappa shape index (κ2) is 9.03. The van der Waals surface area contributed by atoms with Crippen molar-refractivity contribution in [2.24, 2.45) is 5.92 Å². The summed E-state index contributed by atoms with van der Waals surface area (Å²) in [5.41, 5.74) is 3.03. The molecule has 0 spiro atoms. The molecule has 0 aliphatic heterocycles. The summed E-state index contributed by atoms with van der Waals surface area (Å²) >= 11 is 0. The van der Waals surface area contributed by atoms with Crippen LogP contribution >= 0.6 is 0 Å². The summed E-state index contributed by atoms with van der Waals surface area (Å²) in [5.74, 6) is -1.48. The first-order valence-corrected chi connectivity index (χ1v) is 11.4. The predicted octanol–water partition coefficient (Wildman–Crippen LogP) is 3.76. The molecule has 4 aromatic rings. The van der Waals surface area contributed by atoms with Gasteiger partial charge >= 0.3 is 5.97 Å². The zero-order valence-corrected chi connectivity index (χ0v) is 18.8. The molecule has 1 saturated carbocycles. The highest BCUT2D eigenvalue weighted by atomic mass is 16.4. The van der Waals surface area contributed by atoms with Gasteiger partial charge in [-0.2, -0.15) is 5.26 Å². The quantitative estimate of drug-likeness (QED) is 0.441. The van der Waals surface area contributed by atoms with E-state index in [0.29, 0.717) is 47.7 Å². The molecule has 2 N–H and O–H groups in total. The Morgan fingerprint density at radius 3 is 2.43 bits per heavy atom. The van der Waals surface area contributed by atoms with Crippen LogP contribution in [0.1, 0.15) is 41.6 Å². The normalized spacial score (nSPS) is 17.7. The van der Waals surface area contributed by atoms with E-state index in [1.165, 1.54) is 4.40 Å². The number of nitriles is 1. The van der Waals surface area contributed by atoms with E-state index in [4.69, 9.17) is 5.26 Å². The van der Waals surface area contributed by atoms with Crippen molar-refractivity contribution in [1.29, 1.82) is 5.26 Å². The maximum absolute atomic E-state index is 13.3. The lowest BCUT2D eigenvalue weighted by Gasteiger charge is -2.26. The molecule has 0 unspecified atom stereocenters. The Bertz CT molecular complexity index is 1560. The van der Waals surface area contributed by atoms with Gasteiger partial charge in [0, 0.05) is 12.2 Å². The standard InChI is InChI=1S/C27H22N4O4/c28-15-16-3-5-17(6-4-16)19-9-12-23-22(14-19)26(33)31-13-1-2-21(24(31)30-23)25(32)29-20-10-7-18(8-11-20)27(34)35/h1-6,9,12-14,18,20H,7-8,10-11H2,(H,29,32)(H,34,35). The third kappa shape index (κ3) is 4.24. The smallest absolute Gasteiger partial charge is 0.306 e. The summed E-state index contributed by atoms with van der Waals surface area (Å²) in [5, 5.41) is 21.6. The van der Waals surface area contributed by atoms with Gasteiger partial charge in [0.2, 0.25) is 0 Å². The minimum Gasteiger partial charge on any atom is -0.481 e. The Balaban J connectivity index is 1.48. The summed E-state index contributed by atoms with van der Waals surface area (Å²) in [6.45, 7) is 0. The van der Waals surface area contributed by atoms with Gasteiger partial charge in [0.25, 0.3) is 11.5 Å². The molecule has 2 aromatic carbocycles. The number of carbonyl (C=O) groups is 2. The van der Waals surface area contributed by atoms with Crippen molar-refractivity contribution in [3.8, 4) is 17.2 Å². The molecule has 5 rings (SSSR count). The van der Waals surface area contributed by atoms with Gasteiger partial charge < -0.3 is 10.4 Å². The second-order valence-corrected chi connectivity index (χ2v) is 8.81. The molecule has 174 valence electrons. The number of fused-ring (bicyclic) bond motifs is 2. The number of hydrogen-bond donors (Lipinski definition) is 2. The van der Waals surface area contributed by atoms with E-state index >= 15 is 0 Å².